The first kappa shape index (κ1) is 11.0. The lowest BCUT2D eigenvalue weighted by Gasteiger charge is -2.29. The third-order valence-corrected chi connectivity index (χ3v) is 2.23. The predicted molar refractivity (Wildman–Crippen MR) is 54.6 cm³/mol. The number of carbonyl (C=O) groups is 1. The second-order valence-corrected chi connectivity index (χ2v) is 3.34. The first-order chi connectivity index (χ1) is 6.75. The number of primary amides is 1. The molecule has 0 unspecified atom stereocenters. The van der Waals surface area contributed by atoms with E-state index in [1.165, 1.54) is 0 Å². The largest absolute Gasteiger partial charge is 0.378 e. The summed E-state index contributed by atoms with van der Waals surface area (Å²) >= 11 is 0. The van der Waals surface area contributed by atoms with Crippen molar-refractivity contribution in [2.75, 3.05) is 26.3 Å². The standard InChI is InChI=1S/C10H18N2O2/c1-2-3-4-9(10(11)13)12-5-7-14-8-6-12/h4H,2-3,5-8H2,1H3,(H2,11,13)/b9-4+. The topological polar surface area (TPSA) is 55.6 Å². The van der Waals surface area contributed by atoms with Crippen molar-refractivity contribution in [1.82, 2.24) is 4.90 Å². The van der Waals surface area contributed by atoms with E-state index in [1.807, 2.05) is 11.0 Å². The monoisotopic (exact) mass is 198 g/mol. The number of carbonyl (C=O) groups excluding carboxylic acids is 1. The lowest BCUT2D eigenvalue weighted by molar-refractivity contribution is -0.116. The number of unbranched alkanes of at least 4 members (excludes halogenated alkanes) is 1. The zero-order valence-electron chi connectivity index (χ0n) is 8.66. The van der Waals surface area contributed by atoms with Crippen LogP contribution in [-0.2, 0) is 9.53 Å². The Hall–Kier alpha value is -1.03. The highest BCUT2D eigenvalue weighted by molar-refractivity contribution is 5.91. The van der Waals surface area contributed by atoms with Crippen LogP contribution in [-0.4, -0.2) is 37.1 Å². The summed E-state index contributed by atoms with van der Waals surface area (Å²) in [5.41, 5.74) is 5.97. The molecule has 1 rings (SSSR count). The molecule has 1 aliphatic heterocycles. The Kier molecular flexibility index (Phi) is 4.46. The Balaban J connectivity index is 2.60. The zero-order chi connectivity index (χ0) is 10.4. The molecule has 0 bridgehead atoms. The van der Waals surface area contributed by atoms with E-state index in [1.54, 1.807) is 0 Å². The third-order valence-electron chi connectivity index (χ3n) is 2.23. The summed E-state index contributed by atoms with van der Waals surface area (Å²) in [6, 6.07) is 0. The summed E-state index contributed by atoms with van der Waals surface area (Å²) in [5, 5.41) is 0. The van der Waals surface area contributed by atoms with Gasteiger partial charge in [0.1, 0.15) is 0 Å². The van der Waals surface area contributed by atoms with Gasteiger partial charge in [0.2, 0.25) is 0 Å². The minimum Gasteiger partial charge on any atom is -0.378 e. The summed E-state index contributed by atoms with van der Waals surface area (Å²) in [5.74, 6) is -0.333. The van der Waals surface area contributed by atoms with Crippen LogP contribution in [0.25, 0.3) is 0 Å². The molecule has 1 amide bonds. The summed E-state index contributed by atoms with van der Waals surface area (Å²) in [6.07, 6.45) is 3.85. The van der Waals surface area contributed by atoms with Crippen LogP contribution in [0.15, 0.2) is 11.8 Å². The third kappa shape index (κ3) is 3.03. The minimum atomic E-state index is -0.333. The molecule has 0 aromatic heterocycles. The summed E-state index contributed by atoms with van der Waals surface area (Å²) in [6.45, 7) is 4.96. The highest BCUT2D eigenvalue weighted by atomic mass is 16.5. The van der Waals surface area contributed by atoms with Crippen molar-refractivity contribution in [2.45, 2.75) is 19.8 Å². The molecule has 1 fully saturated rings. The molecule has 2 N–H and O–H groups in total. The number of ether oxygens (including phenoxy) is 1. The lowest BCUT2D eigenvalue weighted by Crippen LogP contribution is -2.39. The van der Waals surface area contributed by atoms with Crippen LogP contribution in [0.3, 0.4) is 0 Å². The maximum absolute atomic E-state index is 11.2. The maximum Gasteiger partial charge on any atom is 0.264 e. The van der Waals surface area contributed by atoms with Gasteiger partial charge >= 0.3 is 0 Å². The average molecular weight is 198 g/mol. The van der Waals surface area contributed by atoms with Gasteiger partial charge in [0.15, 0.2) is 0 Å². The number of amides is 1. The predicted octanol–water partition coefficient (Wildman–Crippen LogP) is 0.488. The van der Waals surface area contributed by atoms with E-state index in [-0.39, 0.29) is 5.91 Å². The summed E-state index contributed by atoms with van der Waals surface area (Å²) in [4.78, 5) is 13.2. The molecule has 1 aliphatic rings. The molecular formula is C10H18N2O2. The number of rotatable bonds is 4. The molecule has 80 valence electrons. The molecule has 0 aromatic carbocycles. The normalized spacial score (nSPS) is 18.4. The summed E-state index contributed by atoms with van der Waals surface area (Å²) in [7, 11) is 0. The number of hydrogen-bond acceptors (Lipinski definition) is 3. The second kappa shape index (κ2) is 5.65. The van der Waals surface area contributed by atoms with Crippen molar-refractivity contribution in [1.29, 1.82) is 0 Å². The highest BCUT2D eigenvalue weighted by Gasteiger charge is 2.16. The van der Waals surface area contributed by atoms with Crippen LogP contribution in [0.1, 0.15) is 19.8 Å². The van der Waals surface area contributed by atoms with E-state index in [0.717, 1.165) is 25.9 Å². The van der Waals surface area contributed by atoms with Gasteiger partial charge in [0, 0.05) is 13.1 Å². The quantitative estimate of drug-likeness (QED) is 0.669. The number of nitrogens with two attached hydrogens (primary N) is 1. The molecule has 1 heterocycles. The highest BCUT2D eigenvalue weighted by Crippen LogP contribution is 2.08. The Morgan fingerprint density at radius 2 is 2.14 bits per heavy atom. The Morgan fingerprint density at radius 3 is 2.64 bits per heavy atom. The van der Waals surface area contributed by atoms with Gasteiger partial charge in [-0.25, -0.2) is 0 Å². The van der Waals surface area contributed by atoms with Crippen LogP contribution in [0.2, 0.25) is 0 Å². The van der Waals surface area contributed by atoms with Gasteiger partial charge in [-0.2, -0.15) is 0 Å². The minimum absolute atomic E-state index is 0.333. The first-order valence-electron chi connectivity index (χ1n) is 5.08. The fourth-order valence-corrected chi connectivity index (χ4v) is 1.47. The molecule has 14 heavy (non-hydrogen) atoms. The van der Waals surface area contributed by atoms with Crippen molar-refractivity contribution in [2.24, 2.45) is 5.73 Å². The first-order valence-corrected chi connectivity index (χ1v) is 5.08. The fourth-order valence-electron chi connectivity index (χ4n) is 1.47. The van der Waals surface area contributed by atoms with Gasteiger partial charge in [-0.05, 0) is 6.42 Å². The molecule has 0 atom stereocenters. The Labute approximate surface area is 84.7 Å². The van der Waals surface area contributed by atoms with Crippen molar-refractivity contribution < 1.29 is 9.53 Å². The molecule has 0 aliphatic carbocycles. The molecule has 0 aromatic rings. The Bertz CT molecular complexity index is 220. The van der Waals surface area contributed by atoms with E-state index in [9.17, 15) is 4.79 Å². The van der Waals surface area contributed by atoms with E-state index in [2.05, 4.69) is 6.92 Å². The van der Waals surface area contributed by atoms with Crippen LogP contribution in [0.4, 0.5) is 0 Å². The molecular weight excluding hydrogens is 180 g/mol. The molecule has 0 spiro atoms. The lowest BCUT2D eigenvalue weighted by atomic mass is 10.2. The van der Waals surface area contributed by atoms with E-state index >= 15 is 0 Å². The van der Waals surface area contributed by atoms with Crippen molar-refractivity contribution >= 4 is 5.91 Å². The van der Waals surface area contributed by atoms with Gasteiger partial charge in [-0.1, -0.05) is 19.4 Å². The van der Waals surface area contributed by atoms with E-state index in [4.69, 9.17) is 10.5 Å². The van der Waals surface area contributed by atoms with Crippen LogP contribution >= 0.6 is 0 Å². The molecule has 1 saturated heterocycles. The number of morpholine rings is 1. The van der Waals surface area contributed by atoms with Crippen molar-refractivity contribution in [3.8, 4) is 0 Å². The average Bonchev–Trinajstić information content (AvgIpc) is 2.19. The molecule has 4 nitrogen and oxygen atoms in total. The van der Waals surface area contributed by atoms with E-state index in [0.29, 0.717) is 18.9 Å². The Morgan fingerprint density at radius 1 is 1.50 bits per heavy atom. The van der Waals surface area contributed by atoms with Gasteiger partial charge in [-0.15, -0.1) is 0 Å². The smallest absolute Gasteiger partial charge is 0.264 e. The van der Waals surface area contributed by atoms with Crippen LogP contribution in [0.5, 0.6) is 0 Å². The maximum atomic E-state index is 11.2. The van der Waals surface area contributed by atoms with Crippen molar-refractivity contribution in [3.05, 3.63) is 11.8 Å². The molecule has 0 radical (unpaired) electrons. The SMILES string of the molecule is CCC/C=C(\C(N)=O)N1CCOCC1. The van der Waals surface area contributed by atoms with Crippen molar-refractivity contribution in [3.63, 3.8) is 0 Å². The van der Waals surface area contributed by atoms with Crippen LogP contribution < -0.4 is 5.73 Å². The van der Waals surface area contributed by atoms with E-state index < -0.39 is 0 Å². The zero-order valence-corrected chi connectivity index (χ0v) is 8.66. The fraction of sp³-hybridized carbons (Fsp3) is 0.700. The van der Waals surface area contributed by atoms with Gasteiger partial charge in [0.05, 0.1) is 18.9 Å². The van der Waals surface area contributed by atoms with Gasteiger partial charge in [-0.3, -0.25) is 4.79 Å². The number of nitrogens with zero attached hydrogens (tertiary/aromatic N) is 1. The number of hydrogen-bond donors (Lipinski definition) is 1. The molecule has 4 heteroatoms. The van der Waals surface area contributed by atoms with Gasteiger partial charge < -0.3 is 15.4 Å². The molecule has 0 saturated carbocycles. The van der Waals surface area contributed by atoms with Gasteiger partial charge in [0.25, 0.3) is 5.91 Å². The second-order valence-electron chi connectivity index (χ2n) is 3.34. The number of allylic oxidation sites excluding steroid dienone is 1. The van der Waals surface area contributed by atoms with Crippen LogP contribution in [0, 0.1) is 0 Å². The summed E-state index contributed by atoms with van der Waals surface area (Å²) < 4.78 is 5.21.